The van der Waals surface area contributed by atoms with E-state index in [4.69, 9.17) is 32.7 Å². The number of piperidine rings is 3. The Labute approximate surface area is 818 Å². The van der Waals surface area contributed by atoms with Crippen molar-refractivity contribution in [3.8, 4) is 0 Å². The molecule has 4 N–H and O–H groups in total. The maximum atomic E-state index is 13.2. The van der Waals surface area contributed by atoms with Crippen molar-refractivity contribution in [2.45, 2.75) is 321 Å². The average molecular weight is 2140 g/mol. The van der Waals surface area contributed by atoms with E-state index < -0.39 is 120 Å². The molecule has 0 bridgehead atoms. The topological polar surface area (TPSA) is 308 Å². The van der Waals surface area contributed by atoms with E-state index in [-0.39, 0.29) is 145 Å². The smallest absolute Gasteiger partial charge is 0.443 e. The number of benzene rings is 3. The lowest BCUT2D eigenvalue weighted by Gasteiger charge is -2.34. The summed E-state index contributed by atoms with van der Waals surface area (Å²) in [4.78, 5) is 79.0. The molecule has 3 saturated heterocycles. The van der Waals surface area contributed by atoms with Crippen LogP contribution in [0.2, 0.25) is 0 Å². The molecule has 0 saturated carbocycles. The highest BCUT2D eigenvalue weighted by molar-refractivity contribution is 9.10. The van der Waals surface area contributed by atoms with E-state index in [1.54, 1.807) is 53.1 Å². The minimum atomic E-state index is -5.53. The molecule has 3 aromatic rings. The highest BCUT2D eigenvalue weighted by Crippen LogP contribution is 2.44. The summed E-state index contributed by atoms with van der Waals surface area (Å²) in [5.74, 6) is -13.3. The number of alkyl halides is 17. The number of sulfonamides is 3. The van der Waals surface area contributed by atoms with Gasteiger partial charge in [0, 0.05) is 137 Å². The Morgan fingerprint density at radius 3 is 0.928 bits per heavy atom. The van der Waals surface area contributed by atoms with Crippen molar-refractivity contribution in [3.63, 3.8) is 0 Å². The van der Waals surface area contributed by atoms with Gasteiger partial charge in [-0.05, 0) is 253 Å². The first-order chi connectivity index (χ1) is 63.5. The third-order valence-corrected chi connectivity index (χ3v) is 29.7. The average Bonchev–Trinajstić information content (AvgIpc) is 1.63. The number of carbonyl (C=O) groups excluding carboxylic acids is 5. The molecule has 3 aromatic carbocycles. The Morgan fingerprint density at radius 2 is 0.681 bits per heavy atom. The molecule has 3 fully saturated rings. The fraction of sp³-hybridized carbons (Fsp3) is 0.652. The maximum Gasteiger partial charge on any atom is 0.453 e. The zero-order valence-corrected chi connectivity index (χ0v) is 86.1. The Hall–Kier alpha value is -7.62. The molecule has 6 aliphatic heterocycles. The molecule has 0 aromatic heterocycles. The molecule has 3 spiro atoms. The molecule has 9 rings (SSSR count). The molecule has 25 nitrogen and oxygen atoms in total. The number of rotatable bonds is 35. The first-order valence-electron chi connectivity index (χ1n) is 45.3. The second-order valence-electron chi connectivity index (χ2n) is 37.0. The SMILES string of the molecule is C=CS(=O)(=O)N1CCC2(CC1)N=C(CCCCCCCC(F)(F)C(F)(F)F)NC2=O.CNc1cc(C)c(/C=C/S(=O)(=O)N2CCC3(CC2)N=C(CCCCCCCC(F)(F)C(F)(F)F)NC3=O)c(C)c1.Cc1cc(N(C)C(=O)OC(C)(C)C)cc(C)c1/C=C/S(=O)(=O)N1CCC2(CC1)N=C(CCCCCCCC(F)(F)C(F)(F)F)NC2=O.Cc1cc(N(C)C(=O)OC(C)(C)C)cc(C)c1Br.ClCCl. The fourth-order valence-corrected chi connectivity index (χ4v) is 19.2. The molecule has 0 unspecified atom stereocenters. The molecule has 138 heavy (non-hydrogen) atoms. The van der Waals surface area contributed by atoms with Gasteiger partial charge >= 0.3 is 48.5 Å². The quantitative estimate of drug-likeness (QED) is 0.0242. The van der Waals surface area contributed by atoms with Gasteiger partial charge in [-0.25, -0.2) is 34.8 Å². The monoisotopic (exact) mass is 2140 g/mol. The third-order valence-electron chi connectivity index (χ3n) is 23.8. The fourth-order valence-electron chi connectivity index (χ4n) is 15.8. The molecule has 0 aliphatic carbocycles. The van der Waals surface area contributed by atoms with Crippen molar-refractivity contribution < 1.29 is 125 Å². The molecule has 780 valence electrons. The molecular weight excluding hydrogens is 2010 g/mol. The number of aliphatic imine (C=N–C) groups is 3. The number of aryl methyl sites for hydroxylation is 6. The number of ether oxygens (including phenoxy) is 2. The number of hydrogen-bond donors (Lipinski definition) is 4. The first-order valence-corrected chi connectivity index (χ1v) is 51.7. The molecule has 46 heteroatoms. The minimum absolute atomic E-state index is 0.0943. The van der Waals surface area contributed by atoms with Crippen molar-refractivity contribution >= 4 is 146 Å². The van der Waals surface area contributed by atoms with E-state index in [1.807, 2.05) is 93.6 Å². The van der Waals surface area contributed by atoms with Crippen molar-refractivity contribution in [3.05, 3.63) is 108 Å². The van der Waals surface area contributed by atoms with E-state index in [9.17, 15) is 115 Å². The van der Waals surface area contributed by atoms with Crippen LogP contribution in [0.1, 0.15) is 259 Å². The summed E-state index contributed by atoms with van der Waals surface area (Å²) < 4.78 is 279. The lowest BCUT2D eigenvalue weighted by molar-refractivity contribution is -0.284. The molecule has 0 radical (unpaired) electrons. The minimum Gasteiger partial charge on any atom is -0.443 e. The first kappa shape index (κ1) is 121. The van der Waals surface area contributed by atoms with Gasteiger partial charge in [-0.2, -0.15) is 78.8 Å². The van der Waals surface area contributed by atoms with Crippen molar-refractivity contribution in [2.24, 2.45) is 15.0 Å². The van der Waals surface area contributed by atoms with E-state index in [0.717, 1.165) is 65.6 Å². The number of nitrogens with one attached hydrogen (secondary N) is 4. The second-order valence-corrected chi connectivity index (χ2v) is 44.1. The van der Waals surface area contributed by atoms with E-state index in [2.05, 4.69) is 58.8 Å². The lowest BCUT2D eigenvalue weighted by Crippen LogP contribution is -2.50. The van der Waals surface area contributed by atoms with Crippen molar-refractivity contribution in [1.29, 1.82) is 0 Å². The van der Waals surface area contributed by atoms with Crippen LogP contribution in [0.15, 0.2) is 78.7 Å². The molecule has 0 atom stereocenters. The third kappa shape index (κ3) is 35.5. The summed E-state index contributed by atoms with van der Waals surface area (Å²) in [6, 6.07) is 11.4. The van der Waals surface area contributed by atoms with Gasteiger partial charge in [0.1, 0.15) is 45.3 Å². The number of unbranched alkanes of at least 4 members (excludes halogenated alkanes) is 12. The van der Waals surface area contributed by atoms with Crippen LogP contribution in [0, 0.1) is 41.5 Å². The zero-order valence-electron chi connectivity index (χ0n) is 80.5. The maximum absolute atomic E-state index is 13.2. The summed E-state index contributed by atoms with van der Waals surface area (Å²) in [5, 5.41) is 14.7. The van der Waals surface area contributed by atoms with E-state index in [1.165, 1.54) is 34.2 Å². The largest absolute Gasteiger partial charge is 0.453 e. The summed E-state index contributed by atoms with van der Waals surface area (Å²) in [6.45, 7) is 26.5. The molecular formula is C92H130BrCl2F15N12O13S3. The summed E-state index contributed by atoms with van der Waals surface area (Å²) in [6.07, 6.45) is -10.00. The van der Waals surface area contributed by atoms with Crippen LogP contribution in [0.3, 0.4) is 0 Å². The van der Waals surface area contributed by atoms with Gasteiger partial charge in [-0.3, -0.25) is 39.2 Å². The number of halogens is 18. The van der Waals surface area contributed by atoms with Gasteiger partial charge in [0.05, 0.1) is 5.34 Å². The Bertz CT molecular complexity index is 5130. The van der Waals surface area contributed by atoms with Crippen LogP contribution in [0.4, 0.5) is 92.5 Å². The molecule has 6 aliphatic rings. The molecule has 5 amide bonds. The van der Waals surface area contributed by atoms with Crippen LogP contribution in [0.5, 0.6) is 0 Å². The van der Waals surface area contributed by atoms with Crippen LogP contribution in [-0.2, 0) is 53.9 Å². The summed E-state index contributed by atoms with van der Waals surface area (Å²) in [7, 11) is -5.91. The zero-order chi connectivity index (χ0) is 105. The number of anilines is 3. The highest BCUT2D eigenvalue weighted by atomic mass is 79.9. The second kappa shape index (κ2) is 50.6. The van der Waals surface area contributed by atoms with Gasteiger partial charge in [0.2, 0.25) is 30.1 Å². The van der Waals surface area contributed by atoms with Crippen LogP contribution in [-0.4, -0.2) is 215 Å². The number of carbonyl (C=O) groups is 5. The van der Waals surface area contributed by atoms with Crippen molar-refractivity contribution in [1.82, 2.24) is 28.9 Å². The Kier molecular flexibility index (Phi) is 44.3. The van der Waals surface area contributed by atoms with E-state index in [0.29, 0.717) is 106 Å². The standard InChI is InChI=1S/C32H45F5N4O5S.C27H37F5N4O3S.C18H26F5N3O3S.C14H20BrNO2.CH2Cl2/c1-22-20-24(40(6)28(43)46-29(3,4)5)21-23(2)25(22)13-19-47(44,45)41-17-15-30(16-18-41)27(42)38-26(39-30)12-10-8-7-9-11-14-31(33,34)32(35,36)37;1-19-17-21(33-3)18-20(2)22(19)10-16-40(38,39)36-14-12-25(13-15-36)24(37)34-23(35-25)9-7-5-4-6-8-11-26(28,29)27(30,31)32;1-2-30(28,29)26-12-10-16(11-13-26)15(27)24-14(25-16)8-6-4-3-5-7-9-17(19,20)18(21,22)23;1-9-7-11(8-10(2)12(9)15)16(6)13(17)18-14(3,4)5;2-1-3/h13,19-21H,7-12,14-18H2,1-6H3,(H,38,39,42);10,16-18,33H,4-9,11-15H2,1-3H3,(H,34,35,37);2H,1,3-13H2,(H,24,25,27);7-8H,1-6H3;1H2/b19-13+;16-10+;;;. The normalized spacial score (nSPS) is 17.4. The predicted octanol–water partition coefficient (Wildman–Crippen LogP) is 22.8. The van der Waals surface area contributed by atoms with Gasteiger partial charge in [0.25, 0.3) is 17.7 Å². The summed E-state index contributed by atoms with van der Waals surface area (Å²) in [5.41, 5.74) is 5.38. The van der Waals surface area contributed by atoms with E-state index >= 15 is 0 Å². The summed E-state index contributed by atoms with van der Waals surface area (Å²) >= 11 is 13.0. The molecule has 6 heterocycles. The number of amides is 5. The van der Waals surface area contributed by atoms with Gasteiger partial charge < -0.3 is 30.7 Å². The Morgan fingerprint density at radius 1 is 0.442 bits per heavy atom. The van der Waals surface area contributed by atoms with Gasteiger partial charge in [-0.1, -0.05) is 80.3 Å². The van der Waals surface area contributed by atoms with Crippen LogP contribution < -0.4 is 31.1 Å². The number of amidine groups is 3. The highest BCUT2D eigenvalue weighted by Gasteiger charge is 2.59. The predicted molar refractivity (Wildman–Crippen MR) is 513 cm³/mol. The number of hydrogen-bond acceptors (Lipinski definition) is 17. The van der Waals surface area contributed by atoms with Gasteiger partial charge in [-0.15, -0.1) is 23.2 Å². The van der Waals surface area contributed by atoms with Crippen LogP contribution >= 0.6 is 39.1 Å². The number of nitrogens with zero attached hydrogens (tertiary/aromatic N) is 8. The Balaban J connectivity index is 0.000000336. The lowest BCUT2D eigenvalue weighted by atomic mass is 9.89. The van der Waals surface area contributed by atoms with Crippen molar-refractivity contribution in [2.75, 3.05) is 80.9 Å². The van der Waals surface area contributed by atoms with Crippen LogP contribution in [0.25, 0.3) is 12.2 Å². The van der Waals surface area contributed by atoms with Gasteiger partial charge in [0.15, 0.2) is 0 Å².